The lowest BCUT2D eigenvalue weighted by atomic mass is 10.3. The molecule has 4 nitrogen and oxygen atoms in total. The van der Waals surface area contributed by atoms with Crippen LogP contribution in [-0.2, 0) is 9.53 Å². The fraction of sp³-hybridized carbons (Fsp3) is 0.417. The van der Waals surface area contributed by atoms with E-state index < -0.39 is 11.6 Å². The molecule has 1 rings (SSSR count). The number of amides is 1. The number of carbonyl (C=O) groups is 1. The van der Waals surface area contributed by atoms with Crippen LogP contribution in [0.3, 0.4) is 0 Å². The predicted molar refractivity (Wildman–Crippen MR) is 61.4 cm³/mol. The largest absolute Gasteiger partial charge is 0.492 e. The van der Waals surface area contributed by atoms with Crippen LogP contribution < -0.4 is 10.1 Å². The number of methoxy groups -OCH3 is 1. The molecule has 0 fully saturated rings. The molecule has 0 aliphatic carbocycles. The van der Waals surface area contributed by atoms with Crippen molar-refractivity contribution in [2.24, 2.45) is 0 Å². The van der Waals surface area contributed by atoms with Gasteiger partial charge in [-0.2, -0.15) is 0 Å². The number of ether oxygens (including phenoxy) is 2. The SMILES string of the molecule is COCCC(=O)NCCOc1cc(F)cc(F)c1. The van der Waals surface area contributed by atoms with Crippen LogP contribution >= 0.6 is 0 Å². The zero-order chi connectivity index (χ0) is 13.4. The third-order valence-corrected chi connectivity index (χ3v) is 2.06. The Kier molecular flexibility index (Phi) is 6.07. The number of halogens is 2. The van der Waals surface area contributed by atoms with Crippen molar-refractivity contribution in [2.45, 2.75) is 6.42 Å². The Hall–Kier alpha value is -1.69. The van der Waals surface area contributed by atoms with E-state index in [0.29, 0.717) is 6.61 Å². The molecule has 0 saturated carbocycles. The van der Waals surface area contributed by atoms with E-state index in [1.807, 2.05) is 0 Å². The second-order valence-electron chi connectivity index (χ2n) is 3.55. The van der Waals surface area contributed by atoms with Crippen LogP contribution in [0.4, 0.5) is 8.78 Å². The summed E-state index contributed by atoms with van der Waals surface area (Å²) < 4.78 is 35.4. The Balaban J connectivity index is 2.23. The molecule has 0 aromatic heterocycles. The number of hydrogen-bond donors (Lipinski definition) is 1. The second kappa shape index (κ2) is 7.60. The Morgan fingerprint density at radius 1 is 1.22 bits per heavy atom. The van der Waals surface area contributed by atoms with Crippen molar-refractivity contribution < 1.29 is 23.0 Å². The maximum Gasteiger partial charge on any atom is 0.222 e. The normalized spacial score (nSPS) is 10.2. The monoisotopic (exact) mass is 259 g/mol. The third kappa shape index (κ3) is 5.58. The van der Waals surface area contributed by atoms with Crippen LogP contribution in [0, 0.1) is 11.6 Å². The summed E-state index contributed by atoms with van der Waals surface area (Å²) in [5, 5.41) is 2.59. The number of hydrogen-bond acceptors (Lipinski definition) is 3. The van der Waals surface area contributed by atoms with E-state index in [4.69, 9.17) is 9.47 Å². The van der Waals surface area contributed by atoms with Crippen LogP contribution in [0.2, 0.25) is 0 Å². The average Bonchev–Trinajstić information content (AvgIpc) is 2.31. The van der Waals surface area contributed by atoms with Gasteiger partial charge in [0.15, 0.2) is 0 Å². The molecule has 0 radical (unpaired) electrons. The molecular formula is C12H15F2NO3. The van der Waals surface area contributed by atoms with Gasteiger partial charge in [0.2, 0.25) is 5.91 Å². The summed E-state index contributed by atoms with van der Waals surface area (Å²) in [4.78, 5) is 11.2. The first-order valence-corrected chi connectivity index (χ1v) is 5.46. The zero-order valence-corrected chi connectivity index (χ0v) is 10.0. The van der Waals surface area contributed by atoms with E-state index in [0.717, 1.165) is 18.2 Å². The summed E-state index contributed by atoms with van der Waals surface area (Å²) in [6.45, 7) is 0.754. The number of benzene rings is 1. The van der Waals surface area contributed by atoms with Crippen LogP contribution in [0.15, 0.2) is 18.2 Å². The summed E-state index contributed by atoms with van der Waals surface area (Å²) in [7, 11) is 1.51. The molecule has 100 valence electrons. The lowest BCUT2D eigenvalue weighted by Crippen LogP contribution is -2.28. The number of carbonyl (C=O) groups excluding carboxylic acids is 1. The molecule has 1 N–H and O–H groups in total. The van der Waals surface area contributed by atoms with Gasteiger partial charge in [0, 0.05) is 31.7 Å². The zero-order valence-electron chi connectivity index (χ0n) is 10.0. The fourth-order valence-electron chi connectivity index (χ4n) is 1.25. The molecule has 0 bridgehead atoms. The highest BCUT2D eigenvalue weighted by molar-refractivity contribution is 5.75. The molecule has 18 heavy (non-hydrogen) atoms. The summed E-state index contributed by atoms with van der Waals surface area (Å²) in [6.07, 6.45) is 0.269. The van der Waals surface area contributed by atoms with Crippen LogP contribution in [0.5, 0.6) is 5.75 Å². The Bertz CT molecular complexity index is 379. The van der Waals surface area contributed by atoms with Crippen molar-refractivity contribution in [1.82, 2.24) is 5.32 Å². The van der Waals surface area contributed by atoms with Gasteiger partial charge in [-0.1, -0.05) is 0 Å². The summed E-state index contributed by atoms with van der Waals surface area (Å²) in [6, 6.07) is 2.92. The van der Waals surface area contributed by atoms with Gasteiger partial charge in [0.25, 0.3) is 0 Å². The molecule has 0 saturated heterocycles. The highest BCUT2D eigenvalue weighted by Gasteiger charge is 2.02. The molecule has 0 atom stereocenters. The van der Waals surface area contributed by atoms with E-state index in [9.17, 15) is 13.6 Å². The van der Waals surface area contributed by atoms with E-state index in [1.165, 1.54) is 7.11 Å². The third-order valence-electron chi connectivity index (χ3n) is 2.06. The van der Waals surface area contributed by atoms with E-state index in [-0.39, 0.29) is 31.2 Å². The lowest BCUT2D eigenvalue weighted by Gasteiger charge is -2.07. The Morgan fingerprint density at radius 3 is 2.50 bits per heavy atom. The standard InChI is InChI=1S/C12H15F2NO3/c1-17-4-2-12(16)15-3-5-18-11-7-9(13)6-10(14)8-11/h6-8H,2-5H2,1H3,(H,15,16). The van der Waals surface area contributed by atoms with Crippen molar-refractivity contribution in [3.63, 3.8) is 0 Å². The number of rotatable bonds is 7. The molecule has 0 unspecified atom stereocenters. The van der Waals surface area contributed by atoms with Gasteiger partial charge >= 0.3 is 0 Å². The average molecular weight is 259 g/mol. The topological polar surface area (TPSA) is 47.6 Å². The van der Waals surface area contributed by atoms with Gasteiger partial charge in [0.1, 0.15) is 24.0 Å². The quantitative estimate of drug-likeness (QED) is 0.755. The molecule has 0 heterocycles. The molecular weight excluding hydrogens is 244 g/mol. The first-order valence-electron chi connectivity index (χ1n) is 5.46. The second-order valence-corrected chi connectivity index (χ2v) is 3.55. The van der Waals surface area contributed by atoms with E-state index in [1.54, 1.807) is 0 Å². The molecule has 1 amide bonds. The molecule has 1 aromatic carbocycles. The molecule has 1 aromatic rings. The highest BCUT2D eigenvalue weighted by Crippen LogP contribution is 2.14. The van der Waals surface area contributed by atoms with Crippen LogP contribution in [0.1, 0.15) is 6.42 Å². The van der Waals surface area contributed by atoms with E-state index >= 15 is 0 Å². The Morgan fingerprint density at radius 2 is 1.89 bits per heavy atom. The van der Waals surface area contributed by atoms with Crippen molar-refractivity contribution in [3.8, 4) is 5.75 Å². The summed E-state index contributed by atoms with van der Waals surface area (Å²) >= 11 is 0. The minimum atomic E-state index is -0.700. The van der Waals surface area contributed by atoms with Crippen molar-refractivity contribution >= 4 is 5.91 Å². The molecule has 6 heteroatoms. The minimum Gasteiger partial charge on any atom is -0.492 e. The number of nitrogens with one attached hydrogen (secondary N) is 1. The first kappa shape index (κ1) is 14.4. The lowest BCUT2D eigenvalue weighted by molar-refractivity contribution is -0.122. The van der Waals surface area contributed by atoms with Crippen molar-refractivity contribution in [1.29, 1.82) is 0 Å². The maximum atomic E-state index is 12.8. The fourth-order valence-corrected chi connectivity index (χ4v) is 1.25. The van der Waals surface area contributed by atoms with Gasteiger partial charge in [-0.25, -0.2) is 8.78 Å². The Labute approximate surface area is 104 Å². The summed E-state index contributed by atoms with van der Waals surface area (Å²) in [5.74, 6) is -1.47. The molecule has 0 aliphatic rings. The minimum absolute atomic E-state index is 0.0960. The maximum absolute atomic E-state index is 12.8. The van der Waals surface area contributed by atoms with Crippen molar-refractivity contribution in [3.05, 3.63) is 29.8 Å². The van der Waals surface area contributed by atoms with Crippen LogP contribution in [-0.4, -0.2) is 32.8 Å². The highest BCUT2D eigenvalue weighted by atomic mass is 19.1. The molecule has 0 spiro atoms. The van der Waals surface area contributed by atoms with Gasteiger partial charge in [-0.15, -0.1) is 0 Å². The van der Waals surface area contributed by atoms with Gasteiger partial charge in [-0.05, 0) is 0 Å². The van der Waals surface area contributed by atoms with Gasteiger partial charge < -0.3 is 14.8 Å². The predicted octanol–water partition coefficient (Wildman–Crippen LogP) is 1.50. The van der Waals surface area contributed by atoms with Gasteiger partial charge in [-0.3, -0.25) is 4.79 Å². The summed E-state index contributed by atoms with van der Waals surface area (Å²) in [5.41, 5.74) is 0. The van der Waals surface area contributed by atoms with Crippen LogP contribution in [0.25, 0.3) is 0 Å². The smallest absolute Gasteiger partial charge is 0.222 e. The molecule has 0 aliphatic heterocycles. The van der Waals surface area contributed by atoms with Crippen molar-refractivity contribution in [2.75, 3.05) is 26.9 Å². The first-order chi connectivity index (χ1) is 8.61. The van der Waals surface area contributed by atoms with Gasteiger partial charge in [0.05, 0.1) is 13.2 Å². The van der Waals surface area contributed by atoms with E-state index in [2.05, 4.69) is 5.32 Å².